The van der Waals surface area contributed by atoms with E-state index in [1.165, 1.54) is 30.6 Å². The molecule has 0 saturated heterocycles. The molecule has 2 unspecified atom stereocenters. The molecule has 1 fully saturated rings. The average molecular weight is 286 g/mol. The molecule has 1 aliphatic rings. The van der Waals surface area contributed by atoms with E-state index in [1.54, 1.807) is 11.3 Å². The number of hydrogen-bond acceptors (Lipinski definition) is 2. The minimum absolute atomic E-state index is 0.00594. The zero-order valence-electron chi connectivity index (χ0n) is 11.4. The van der Waals surface area contributed by atoms with Gasteiger partial charge in [0.2, 0.25) is 0 Å². The third-order valence-electron chi connectivity index (χ3n) is 3.94. The summed E-state index contributed by atoms with van der Waals surface area (Å²) in [5, 5.41) is 0. The molecule has 0 radical (unpaired) electrons. The second-order valence-electron chi connectivity index (χ2n) is 6.34. The van der Waals surface area contributed by atoms with Gasteiger partial charge in [0.05, 0.1) is 4.34 Å². The molecule has 0 aromatic carbocycles. The molecule has 1 saturated carbocycles. The lowest BCUT2D eigenvalue weighted by atomic mass is 9.72. The molecule has 0 amide bonds. The van der Waals surface area contributed by atoms with Gasteiger partial charge in [0, 0.05) is 10.4 Å². The molecule has 0 bridgehead atoms. The maximum absolute atomic E-state index is 6.63. The van der Waals surface area contributed by atoms with E-state index < -0.39 is 0 Å². The zero-order valence-corrected chi connectivity index (χ0v) is 13.0. The topological polar surface area (TPSA) is 26.0 Å². The third-order valence-corrected chi connectivity index (χ3v) is 5.17. The van der Waals surface area contributed by atoms with Crippen LogP contribution in [0.3, 0.4) is 0 Å². The standard InChI is InChI=1S/C15H24ClNS/c1-11(2)8-12-4-3-7-15(17,9-12)10-13-5-6-14(16)18-13/h5-6,11-12H,3-4,7-10,17H2,1-2H3. The molecule has 1 aromatic rings. The minimum atomic E-state index is 0.00594. The highest BCUT2D eigenvalue weighted by Gasteiger charge is 2.33. The lowest BCUT2D eigenvalue weighted by Crippen LogP contribution is -2.46. The van der Waals surface area contributed by atoms with E-state index >= 15 is 0 Å². The van der Waals surface area contributed by atoms with Crippen molar-refractivity contribution >= 4 is 22.9 Å². The average Bonchev–Trinajstić information content (AvgIpc) is 2.62. The molecular formula is C15H24ClNS. The first-order valence-corrected chi connectivity index (χ1v) is 8.19. The van der Waals surface area contributed by atoms with Crippen LogP contribution in [0.4, 0.5) is 0 Å². The van der Waals surface area contributed by atoms with Crippen molar-refractivity contribution in [2.75, 3.05) is 0 Å². The first kappa shape index (κ1) is 14.4. The summed E-state index contributed by atoms with van der Waals surface area (Å²) < 4.78 is 0.878. The van der Waals surface area contributed by atoms with Gasteiger partial charge >= 0.3 is 0 Å². The van der Waals surface area contributed by atoms with E-state index in [4.69, 9.17) is 17.3 Å². The van der Waals surface area contributed by atoms with Gasteiger partial charge in [-0.05, 0) is 49.7 Å². The fourth-order valence-electron chi connectivity index (χ4n) is 3.34. The van der Waals surface area contributed by atoms with E-state index in [-0.39, 0.29) is 5.54 Å². The Morgan fingerprint density at radius 1 is 1.50 bits per heavy atom. The molecule has 1 nitrogen and oxygen atoms in total. The molecule has 3 heteroatoms. The SMILES string of the molecule is CC(C)CC1CCCC(N)(Cc2ccc(Cl)s2)C1. The first-order chi connectivity index (χ1) is 8.47. The van der Waals surface area contributed by atoms with Gasteiger partial charge in [-0.25, -0.2) is 0 Å². The van der Waals surface area contributed by atoms with Gasteiger partial charge in [0.15, 0.2) is 0 Å². The molecule has 1 aromatic heterocycles. The summed E-state index contributed by atoms with van der Waals surface area (Å²) in [5.41, 5.74) is 6.64. The van der Waals surface area contributed by atoms with Gasteiger partial charge in [0.25, 0.3) is 0 Å². The Bertz CT molecular complexity index is 388. The van der Waals surface area contributed by atoms with Crippen LogP contribution in [0, 0.1) is 11.8 Å². The fraction of sp³-hybridized carbons (Fsp3) is 0.733. The van der Waals surface area contributed by atoms with Crippen molar-refractivity contribution in [3.63, 3.8) is 0 Å². The predicted octanol–water partition coefficient (Wildman–Crippen LogP) is 4.88. The number of rotatable bonds is 4. The summed E-state index contributed by atoms with van der Waals surface area (Å²) in [6.45, 7) is 4.62. The Morgan fingerprint density at radius 3 is 2.89 bits per heavy atom. The Labute approximate surface area is 120 Å². The minimum Gasteiger partial charge on any atom is -0.325 e. The van der Waals surface area contributed by atoms with Crippen LogP contribution in [-0.2, 0) is 6.42 Å². The molecule has 2 atom stereocenters. The quantitative estimate of drug-likeness (QED) is 0.838. The molecule has 1 heterocycles. The number of halogens is 1. The van der Waals surface area contributed by atoms with Crippen LogP contribution in [0.1, 0.15) is 50.8 Å². The van der Waals surface area contributed by atoms with Crippen LogP contribution in [0.5, 0.6) is 0 Å². The summed E-state index contributed by atoms with van der Waals surface area (Å²) in [5.74, 6) is 1.60. The van der Waals surface area contributed by atoms with Gasteiger partial charge in [-0.1, -0.05) is 38.3 Å². The highest BCUT2D eigenvalue weighted by Crippen LogP contribution is 2.37. The van der Waals surface area contributed by atoms with Crippen LogP contribution in [0.2, 0.25) is 4.34 Å². The lowest BCUT2D eigenvalue weighted by molar-refractivity contribution is 0.201. The van der Waals surface area contributed by atoms with Crippen LogP contribution in [0.15, 0.2) is 12.1 Å². The number of thiophene rings is 1. The molecule has 18 heavy (non-hydrogen) atoms. The van der Waals surface area contributed by atoms with Crippen LogP contribution in [0.25, 0.3) is 0 Å². The van der Waals surface area contributed by atoms with Gasteiger partial charge in [-0.3, -0.25) is 0 Å². The normalized spacial score (nSPS) is 28.8. The van der Waals surface area contributed by atoms with Gasteiger partial charge < -0.3 is 5.73 Å². The predicted molar refractivity (Wildman–Crippen MR) is 81.4 cm³/mol. The summed E-state index contributed by atoms with van der Waals surface area (Å²) in [6, 6.07) is 4.12. The van der Waals surface area contributed by atoms with E-state index in [0.717, 1.165) is 29.0 Å². The highest BCUT2D eigenvalue weighted by molar-refractivity contribution is 7.16. The van der Waals surface area contributed by atoms with Crippen LogP contribution >= 0.6 is 22.9 Å². The van der Waals surface area contributed by atoms with E-state index in [9.17, 15) is 0 Å². The van der Waals surface area contributed by atoms with Gasteiger partial charge in [0.1, 0.15) is 0 Å². The molecule has 2 N–H and O–H groups in total. The molecule has 0 aliphatic heterocycles. The van der Waals surface area contributed by atoms with Crippen molar-refractivity contribution in [1.29, 1.82) is 0 Å². The van der Waals surface area contributed by atoms with Crippen molar-refractivity contribution in [1.82, 2.24) is 0 Å². The van der Waals surface area contributed by atoms with E-state index in [0.29, 0.717) is 0 Å². The summed E-state index contributed by atoms with van der Waals surface area (Å²) >= 11 is 7.68. The van der Waals surface area contributed by atoms with Crippen LogP contribution < -0.4 is 5.73 Å². The molecule has 2 rings (SSSR count). The lowest BCUT2D eigenvalue weighted by Gasteiger charge is -2.38. The van der Waals surface area contributed by atoms with E-state index in [1.807, 2.05) is 6.07 Å². The third kappa shape index (κ3) is 3.97. The van der Waals surface area contributed by atoms with Gasteiger partial charge in [-0.2, -0.15) is 0 Å². The van der Waals surface area contributed by atoms with Gasteiger partial charge in [-0.15, -0.1) is 11.3 Å². The maximum atomic E-state index is 6.63. The Morgan fingerprint density at radius 2 is 2.28 bits per heavy atom. The van der Waals surface area contributed by atoms with Crippen LogP contribution in [-0.4, -0.2) is 5.54 Å². The summed E-state index contributed by atoms with van der Waals surface area (Å²) in [6.07, 6.45) is 7.32. The maximum Gasteiger partial charge on any atom is 0.0931 e. The smallest absolute Gasteiger partial charge is 0.0931 e. The molecular weight excluding hydrogens is 262 g/mol. The number of nitrogens with two attached hydrogens (primary N) is 1. The molecule has 0 spiro atoms. The van der Waals surface area contributed by atoms with Crippen molar-refractivity contribution in [2.24, 2.45) is 17.6 Å². The largest absolute Gasteiger partial charge is 0.325 e. The Balaban J connectivity index is 1.97. The second kappa shape index (κ2) is 5.94. The monoisotopic (exact) mass is 285 g/mol. The first-order valence-electron chi connectivity index (χ1n) is 7.00. The highest BCUT2D eigenvalue weighted by atomic mass is 35.5. The van der Waals surface area contributed by atoms with Crippen molar-refractivity contribution in [3.05, 3.63) is 21.3 Å². The van der Waals surface area contributed by atoms with Crippen molar-refractivity contribution in [2.45, 2.75) is 57.9 Å². The zero-order chi connectivity index (χ0) is 13.2. The summed E-state index contributed by atoms with van der Waals surface area (Å²) in [4.78, 5) is 1.34. The Hall–Kier alpha value is -0.0500. The number of hydrogen-bond donors (Lipinski definition) is 1. The summed E-state index contributed by atoms with van der Waals surface area (Å²) in [7, 11) is 0. The second-order valence-corrected chi connectivity index (χ2v) is 8.14. The molecule has 102 valence electrons. The molecule has 1 aliphatic carbocycles. The fourth-order valence-corrected chi connectivity index (χ4v) is 4.59. The van der Waals surface area contributed by atoms with Crippen molar-refractivity contribution < 1.29 is 0 Å². The van der Waals surface area contributed by atoms with Crippen molar-refractivity contribution in [3.8, 4) is 0 Å². The Kier molecular flexibility index (Phi) is 4.74. The van der Waals surface area contributed by atoms with E-state index in [2.05, 4.69) is 19.9 Å².